The summed E-state index contributed by atoms with van der Waals surface area (Å²) in [5.41, 5.74) is -0.517. The Morgan fingerprint density at radius 1 is 1.14 bits per heavy atom. The molecule has 0 heterocycles. The van der Waals surface area contributed by atoms with E-state index in [-0.39, 0.29) is 5.75 Å². The number of benzene rings is 2. The van der Waals surface area contributed by atoms with Gasteiger partial charge in [-0.05, 0) is 56.1 Å². The number of hydrogen-bond acceptors (Lipinski definition) is 3. The zero-order valence-corrected chi connectivity index (χ0v) is 13.9. The fraction of sp³-hybridized carbons (Fsp3) is 0.0714. The van der Waals surface area contributed by atoms with Crippen LogP contribution >= 0.6 is 31.9 Å². The molecule has 0 aliphatic rings. The Morgan fingerprint density at radius 2 is 1.76 bits per heavy atom. The van der Waals surface area contributed by atoms with E-state index < -0.39 is 17.3 Å². The summed E-state index contributed by atoms with van der Waals surface area (Å²) in [6, 6.07) is 7.08. The van der Waals surface area contributed by atoms with Gasteiger partial charge in [0.15, 0.2) is 0 Å². The number of rotatable bonds is 4. The third kappa shape index (κ3) is 3.36. The minimum absolute atomic E-state index is 0.0831. The summed E-state index contributed by atoms with van der Waals surface area (Å²) in [6.07, 6.45) is 0. The van der Waals surface area contributed by atoms with Gasteiger partial charge in [-0.3, -0.25) is 0 Å². The molecule has 7 heteroatoms. The van der Waals surface area contributed by atoms with Crippen molar-refractivity contribution < 1.29 is 23.8 Å². The Morgan fingerprint density at radius 3 is 2.38 bits per heavy atom. The van der Waals surface area contributed by atoms with Crippen LogP contribution in [0.5, 0.6) is 17.2 Å². The summed E-state index contributed by atoms with van der Waals surface area (Å²) in [7, 11) is 1.52. The van der Waals surface area contributed by atoms with Crippen molar-refractivity contribution in [2.75, 3.05) is 7.11 Å². The van der Waals surface area contributed by atoms with Gasteiger partial charge in [0.2, 0.25) is 0 Å². The molecule has 0 radical (unpaired) electrons. The smallest absolute Gasteiger partial charge is 0.342 e. The highest BCUT2D eigenvalue weighted by Gasteiger charge is 2.19. The molecule has 0 amide bonds. The molecule has 0 saturated carbocycles. The number of methoxy groups -OCH3 is 1. The second kappa shape index (κ2) is 6.44. The average Bonchev–Trinajstić information content (AvgIpc) is 2.42. The van der Waals surface area contributed by atoms with E-state index in [2.05, 4.69) is 31.9 Å². The molecule has 2 aromatic rings. The summed E-state index contributed by atoms with van der Waals surface area (Å²) in [6.45, 7) is 0. The molecule has 0 unspecified atom stereocenters. The first-order chi connectivity index (χ1) is 9.93. The first kappa shape index (κ1) is 15.8. The largest absolute Gasteiger partial charge is 0.496 e. The third-order valence-corrected chi connectivity index (χ3v) is 3.85. The summed E-state index contributed by atoms with van der Waals surface area (Å²) in [4.78, 5) is 11.1. The first-order valence-corrected chi connectivity index (χ1v) is 7.25. The minimum atomic E-state index is -1.40. The van der Waals surface area contributed by atoms with Crippen LogP contribution in [-0.2, 0) is 0 Å². The first-order valence-electron chi connectivity index (χ1n) is 5.66. The van der Waals surface area contributed by atoms with E-state index in [1.165, 1.54) is 19.2 Å². The maximum atomic E-state index is 13.6. The van der Waals surface area contributed by atoms with Crippen LogP contribution in [0, 0.1) is 5.82 Å². The highest BCUT2D eigenvalue weighted by Crippen LogP contribution is 2.39. The zero-order valence-electron chi connectivity index (χ0n) is 10.7. The maximum Gasteiger partial charge on any atom is 0.342 e. The average molecular weight is 420 g/mol. The quantitative estimate of drug-likeness (QED) is 0.769. The van der Waals surface area contributed by atoms with Gasteiger partial charge in [0, 0.05) is 0 Å². The van der Waals surface area contributed by atoms with Crippen molar-refractivity contribution in [2.24, 2.45) is 0 Å². The van der Waals surface area contributed by atoms with E-state index in [1.54, 1.807) is 12.1 Å². The fourth-order valence-electron chi connectivity index (χ4n) is 1.66. The second-order valence-electron chi connectivity index (χ2n) is 3.94. The van der Waals surface area contributed by atoms with Crippen LogP contribution in [0.3, 0.4) is 0 Å². The molecule has 2 rings (SSSR count). The molecule has 0 atom stereocenters. The van der Waals surface area contributed by atoms with Crippen LogP contribution in [0.4, 0.5) is 4.39 Å². The molecule has 4 nitrogen and oxygen atoms in total. The Hall–Kier alpha value is -1.60. The number of hydrogen-bond donors (Lipinski definition) is 1. The Bertz CT molecular complexity index is 704. The van der Waals surface area contributed by atoms with Crippen molar-refractivity contribution >= 4 is 37.8 Å². The van der Waals surface area contributed by atoms with Gasteiger partial charge in [0.1, 0.15) is 28.6 Å². The van der Waals surface area contributed by atoms with Gasteiger partial charge in [0.05, 0.1) is 16.1 Å². The molecule has 0 aliphatic heterocycles. The van der Waals surface area contributed by atoms with E-state index in [0.29, 0.717) is 20.4 Å². The molecule has 0 bridgehead atoms. The molecule has 0 spiro atoms. The molecule has 21 heavy (non-hydrogen) atoms. The normalized spacial score (nSPS) is 10.3. The van der Waals surface area contributed by atoms with E-state index in [0.717, 1.165) is 6.07 Å². The SMILES string of the molecule is COc1cc(Br)c(Oc2cccc(F)c2C(=O)O)cc1Br. The van der Waals surface area contributed by atoms with Crippen LogP contribution in [0.2, 0.25) is 0 Å². The summed E-state index contributed by atoms with van der Waals surface area (Å²) in [5.74, 6) is -1.43. The van der Waals surface area contributed by atoms with Gasteiger partial charge in [0.25, 0.3) is 0 Å². The second-order valence-corrected chi connectivity index (χ2v) is 5.65. The predicted octanol–water partition coefficient (Wildman–Crippen LogP) is 4.85. The fourth-order valence-corrected chi connectivity index (χ4v) is 2.55. The van der Waals surface area contributed by atoms with Crippen molar-refractivity contribution in [3.63, 3.8) is 0 Å². The lowest BCUT2D eigenvalue weighted by atomic mass is 10.2. The standard InChI is InChI=1S/C14H9Br2FO4/c1-20-11-5-8(16)12(6-7(11)15)21-10-4-2-3-9(17)13(10)14(18)19/h2-6H,1H3,(H,18,19). The Balaban J connectivity index is 2.46. The van der Waals surface area contributed by atoms with E-state index in [9.17, 15) is 9.18 Å². The van der Waals surface area contributed by atoms with Gasteiger partial charge in [-0.25, -0.2) is 9.18 Å². The molecule has 110 valence electrons. The predicted molar refractivity (Wildman–Crippen MR) is 81.8 cm³/mol. The maximum absolute atomic E-state index is 13.6. The molecule has 0 aliphatic carbocycles. The molecule has 0 fully saturated rings. The van der Waals surface area contributed by atoms with E-state index in [4.69, 9.17) is 14.6 Å². The van der Waals surface area contributed by atoms with Crippen molar-refractivity contribution in [2.45, 2.75) is 0 Å². The number of aromatic carboxylic acids is 1. The van der Waals surface area contributed by atoms with Crippen molar-refractivity contribution in [3.8, 4) is 17.2 Å². The third-order valence-electron chi connectivity index (χ3n) is 2.62. The Labute approximate surface area is 136 Å². The van der Waals surface area contributed by atoms with Crippen LogP contribution in [0.15, 0.2) is 39.3 Å². The zero-order chi connectivity index (χ0) is 15.6. The number of carbonyl (C=O) groups is 1. The number of carboxylic acids is 1. The van der Waals surface area contributed by atoms with Crippen LogP contribution in [0.25, 0.3) is 0 Å². The number of ether oxygens (including phenoxy) is 2. The minimum Gasteiger partial charge on any atom is -0.496 e. The van der Waals surface area contributed by atoms with Crippen molar-refractivity contribution in [1.29, 1.82) is 0 Å². The molecule has 2 aromatic carbocycles. The monoisotopic (exact) mass is 418 g/mol. The van der Waals surface area contributed by atoms with Crippen molar-refractivity contribution in [3.05, 3.63) is 50.7 Å². The van der Waals surface area contributed by atoms with Gasteiger partial charge in [-0.1, -0.05) is 6.07 Å². The molecule has 0 aromatic heterocycles. The highest BCUT2D eigenvalue weighted by atomic mass is 79.9. The summed E-state index contributed by atoms with van der Waals surface area (Å²) in [5, 5.41) is 9.07. The lowest BCUT2D eigenvalue weighted by molar-refractivity contribution is 0.0689. The van der Waals surface area contributed by atoms with Crippen LogP contribution in [0.1, 0.15) is 10.4 Å². The number of halogens is 3. The Kier molecular flexibility index (Phi) is 4.84. The molecular weight excluding hydrogens is 411 g/mol. The summed E-state index contributed by atoms with van der Waals surface area (Å²) >= 11 is 6.59. The highest BCUT2D eigenvalue weighted by molar-refractivity contribution is 9.11. The lowest BCUT2D eigenvalue weighted by Gasteiger charge is -2.12. The van der Waals surface area contributed by atoms with Gasteiger partial charge >= 0.3 is 5.97 Å². The topological polar surface area (TPSA) is 55.8 Å². The molecule has 0 saturated heterocycles. The van der Waals surface area contributed by atoms with Crippen molar-refractivity contribution in [1.82, 2.24) is 0 Å². The lowest BCUT2D eigenvalue weighted by Crippen LogP contribution is -2.03. The van der Waals surface area contributed by atoms with Crippen LogP contribution < -0.4 is 9.47 Å². The van der Waals surface area contributed by atoms with Crippen LogP contribution in [-0.4, -0.2) is 18.2 Å². The van der Waals surface area contributed by atoms with E-state index in [1.807, 2.05) is 0 Å². The summed E-state index contributed by atoms with van der Waals surface area (Å²) < 4.78 is 25.4. The van der Waals surface area contributed by atoms with E-state index >= 15 is 0 Å². The van der Waals surface area contributed by atoms with Gasteiger partial charge in [-0.2, -0.15) is 0 Å². The molecule has 1 N–H and O–H groups in total. The number of carboxylic acid groups (broad SMARTS) is 1. The van der Waals surface area contributed by atoms with Gasteiger partial charge in [-0.15, -0.1) is 0 Å². The molecular formula is C14H9Br2FO4. The van der Waals surface area contributed by atoms with Gasteiger partial charge < -0.3 is 14.6 Å².